The van der Waals surface area contributed by atoms with Crippen molar-refractivity contribution in [2.75, 3.05) is 17.9 Å². The molecule has 7 nitrogen and oxygen atoms in total. The SMILES string of the molecule is CNC(=O)[C@@H](Cc1ccccc1)N(Cc1cccc(Cl)c1)C(=O)CN(c1cc(Cl)ccc1Cl)S(=O)(=O)c1ccccc1. The molecule has 0 radical (unpaired) electrons. The molecule has 0 heterocycles. The Morgan fingerprint density at radius 2 is 1.40 bits per heavy atom. The number of hydrogen-bond acceptors (Lipinski definition) is 4. The third kappa shape index (κ3) is 7.63. The number of benzene rings is 4. The molecule has 2 amide bonds. The molecular weight excluding hydrogens is 617 g/mol. The molecular formula is C31H28Cl3N3O4S. The van der Waals surface area contributed by atoms with Gasteiger partial charge in [0.25, 0.3) is 10.0 Å². The van der Waals surface area contributed by atoms with Gasteiger partial charge in [-0.25, -0.2) is 8.42 Å². The fourth-order valence-corrected chi connectivity index (χ4v) is 6.56. The first-order chi connectivity index (χ1) is 20.1. The van der Waals surface area contributed by atoms with Crippen LogP contribution in [0.3, 0.4) is 0 Å². The van der Waals surface area contributed by atoms with Gasteiger partial charge in [-0.15, -0.1) is 0 Å². The van der Waals surface area contributed by atoms with E-state index in [0.29, 0.717) is 10.6 Å². The van der Waals surface area contributed by atoms with Gasteiger partial charge in [0.2, 0.25) is 11.8 Å². The lowest BCUT2D eigenvalue weighted by Gasteiger charge is -2.33. The normalized spacial score (nSPS) is 11.9. The molecule has 0 saturated carbocycles. The van der Waals surface area contributed by atoms with Crippen LogP contribution in [0.5, 0.6) is 0 Å². The Hall–Kier alpha value is -3.56. The van der Waals surface area contributed by atoms with Crippen molar-refractivity contribution >= 4 is 62.3 Å². The summed E-state index contributed by atoms with van der Waals surface area (Å²) >= 11 is 18.9. The summed E-state index contributed by atoms with van der Waals surface area (Å²) < 4.78 is 28.9. The van der Waals surface area contributed by atoms with E-state index in [1.165, 1.54) is 42.3 Å². The second-order valence-electron chi connectivity index (χ2n) is 9.39. The average Bonchev–Trinajstić information content (AvgIpc) is 2.99. The zero-order valence-electron chi connectivity index (χ0n) is 22.6. The van der Waals surface area contributed by atoms with Crippen LogP contribution in [-0.4, -0.2) is 44.8 Å². The number of nitrogens with zero attached hydrogens (tertiary/aromatic N) is 2. The van der Waals surface area contributed by atoms with Gasteiger partial charge in [0, 0.05) is 30.1 Å². The highest BCUT2D eigenvalue weighted by Crippen LogP contribution is 2.33. The third-order valence-corrected chi connectivity index (χ3v) is 9.11. The second-order valence-corrected chi connectivity index (χ2v) is 12.5. The van der Waals surface area contributed by atoms with Crippen molar-refractivity contribution in [3.8, 4) is 0 Å². The monoisotopic (exact) mass is 643 g/mol. The van der Waals surface area contributed by atoms with Gasteiger partial charge in [0.05, 0.1) is 15.6 Å². The van der Waals surface area contributed by atoms with Gasteiger partial charge in [-0.1, -0.05) is 95.5 Å². The molecule has 11 heteroatoms. The van der Waals surface area contributed by atoms with Gasteiger partial charge in [0.1, 0.15) is 12.6 Å². The van der Waals surface area contributed by atoms with Crippen LogP contribution in [-0.2, 0) is 32.6 Å². The molecule has 0 fully saturated rings. The number of amides is 2. The lowest BCUT2D eigenvalue weighted by Crippen LogP contribution is -2.53. The quantitative estimate of drug-likeness (QED) is 0.210. The van der Waals surface area contributed by atoms with E-state index in [1.807, 2.05) is 30.3 Å². The Labute approximate surface area is 260 Å². The van der Waals surface area contributed by atoms with Gasteiger partial charge in [0.15, 0.2) is 0 Å². The second kappa shape index (κ2) is 14.1. The van der Waals surface area contributed by atoms with Gasteiger partial charge in [-0.3, -0.25) is 13.9 Å². The lowest BCUT2D eigenvalue weighted by molar-refractivity contribution is -0.139. The average molecular weight is 645 g/mol. The van der Waals surface area contributed by atoms with Crippen LogP contribution < -0.4 is 9.62 Å². The van der Waals surface area contributed by atoms with E-state index in [4.69, 9.17) is 34.8 Å². The van der Waals surface area contributed by atoms with Gasteiger partial charge >= 0.3 is 0 Å². The smallest absolute Gasteiger partial charge is 0.264 e. The van der Waals surface area contributed by atoms with Crippen LogP contribution in [0.1, 0.15) is 11.1 Å². The summed E-state index contributed by atoms with van der Waals surface area (Å²) in [5.41, 5.74) is 1.52. The van der Waals surface area contributed by atoms with Crippen molar-refractivity contribution in [3.05, 3.63) is 129 Å². The Kier molecular flexibility index (Phi) is 10.5. The first-order valence-corrected chi connectivity index (χ1v) is 15.5. The van der Waals surface area contributed by atoms with Crippen molar-refractivity contribution in [2.24, 2.45) is 0 Å². The Morgan fingerprint density at radius 1 is 0.786 bits per heavy atom. The number of likely N-dealkylation sites (N-methyl/N-ethyl adjacent to an activating group) is 1. The van der Waals surface area contributed by atoms with Crippen LogP contribution in [0.2, 0.25) is 15.1 Å². The van der Waals surface area contributed by atoms with E-state index in [0.717, 1.165) is 9.87 Å². The molecule has 218 valence electrons. The summed E-state index contributed by atoms with van der Waals surface area (Å²) in [6.45, 7) is -0.660. The predicted octanol–water partition coefficient (Wildman–Crippen LogP) is 6.23. The van der Waals surface area contributed by atoms with Crippen molar-refractivity contribution in [1.82, 2.24) is 10.2 Å². The standard InChI is InChI=1S/C31H28Cl3N3O4S/c1-35-31(39)29(18-22-9-4-2-5-10-22)36(20-23-11-8-12-24(32)17-23)30(38)21-37(28-19-25(33)15-16-27(28)34)42(40,41)26-13-6-3-7-14-26/h2-17,19,29H,18,20-21H2,1H3,(H,35,39)/t29-/m1/s1. The lowest BCUT2D eigenvalue weighted by atomic mass is 10.0. The minimum absolute atomic E-state index is 0.00713. The maximum absolute atomic E-state index is 14.3. The van der Waals surface area contributed by atoms with Gasteiger partial charge < -0.3 is 10.2 Å². The summed E-state index contributed by atoms with van der Waals surface area (Å²) in [7, 11) is -2.80. The summed E-state index contributed by atoms with van der Waals surface area (Å²) in [5.74, 6) is -1.04. The van der Waals surface area contributed by atoms with E-state index >= 15 is 0 Å². The molecule has 0 bridgehead atoms. The van der Waals surface area contributed by atoms with E-state index in [-0.39, 0.29) is 33.6 Å². The Morgan fingerprint density at radius 3 is 2.05 bits per heavy atom. The van der Waals surface area contributed by atoms with Crippen molar-refractivity contribution < 1.29 is 18.0 Å². The molecule has 1 N–H and O–H groups in total. The molecule has 0 spiro atoms. The highest BCUT2D eigenvalue weighted by molar-refractivity contribution is 7.92. The topological polar surface area (TPSA) is 86.8 Å². The Bertz CT molecular complexity index is 1650. The Balaban J connectivity index is 1.81. The van der Waals surface area contributed by atoms with Crippen molar-refractivity contribution in [3.63, 3.8) is 0 Å². The van der Waals surface area contributed by atoms with Crippen molar-refractivity contribution in [2.45, 2.75) is 23.9 Å². The minimum Gasteiger partial charge on any atom is -0.357 e. The summed E-state index contributed by atoms with van der Waals surface area (Å²) in [5, 5.41) is 3.42. The van der Waals surface area contributed by atoms with Gasteiger partial charge in [-0.05, 0) is 53.6 Å². The molecule has 4 rings (SSSR count). The molecule has 0 aliphatic carbocycles. The maximum atomic E-state index is 14.3. The highest BCUT2D eigenvalue weighted by Gasteiger charge is 2.35. The number of rotatable bonds is 11. The number of nitrogens with one attached hydrogen (secondary N) is 1. The molecule has 42 heavy (non-hydrogen) atoms. The molecule has 0 saturated heterocycles. The number of sulfonamides is 1. The molecule has 0 aliphatic heterocycles. The number of hydrogen-bond donors (Lipinski definition) is 1. The highest BCUT2D eigenvalue weighted by atomic mass is 35.5. The number of carbonyl (C=O) groups is 2. The first-order valence-electron chi connectivity index (χ1n) is 12.9. The number of anilines is 1. The number of carbonyl (C=O) groups excluding carboxylic acids is 2. The largest absolute Gasteiger partial charge is 0.357 e. The summed E-state index contributed by atoms with van der Waals surface area (Å²) in [4.78, 5) is 28.9. The minimum atomic E-state index is -4.29. The van der Waals surface area contributed by atoms with Crippen LogP contribution >= 0.6 is 34.8 Å². The fourth-order valence-electron chi connectivity index (χ4n) is 4.46. The van der Waals surface area contributed by atoms with Crippen LogP contribution in [0.4, 0.5) is 5.69 Å². The molecule has 0 aliphatic rings. The van der Waals surface area contributed by atoms with Gasteiger partial charge in [-0.2, -0.15) is 0 Å². The van der Waals surface area contributed by atoms with Crippen molar-refractivity contribution in [1.29, 1.82) is 0 Å². The summed E-state index contributed by atoms with van der Waals surface area (Å²) in [6, 6.07) is 27.3. The van der Waals surface area contributed by atoms with Crippen LogP contribution in [0, 0.1) is 0 Å². The van der Waals surface area contributed by atoms with E-state index in [1.54, 1.807) is 42.5 Å². The molecule has 4 aromatic carbocycles. The first kappa shape index (κ1) is 31.4. The molecule has 4 aromatic rings. The number of halogens is 3. The van der Waals surface area contributed by atoms with Crippen LogP contribution in [0.15, 0.2) is 108 Å². The zero-order chi connectivity index (χ0) is 30.3. The molecule has 0 unspecified atom stereocenters. The summed E-state index contributed by atoms with van der Waals surface area (Å²) in [6.07, 6.45) is 0.191. The van der Waals surface area contributed by atoms with Crippen LogP contribution in [0.25, 0.3) is 0 Å². The predicted molar refractivity (Wildman–Crippen MR) is 167 cm³/mol. The van der Waals surface area contributed by atoms with E-state index in [2.05, 4.69) is 5.32 Å². The van der Waals surface area contributed by atoms with E-state index in [9.17, 15) is 18.0 Å². The fraction of sp³-hybridized carbons (Fsp3) is 0.161. The maximum Gasteiger partial charge on any atom is 0.264 e. The molecule has 1 atom stereocenters. The zero-order valence-corrected chi connectivity index (χ0v) is 25.7. The third-order valence-electron chi connectivity index (χ3n) is 6.55. The van der Waals surface area contributed by atoms with E-state index < -0.39 is 34.4 Å². The molecule has 0 aromatic heterocycles.